The summed E-state index contributed by atoms with van der Waals surface area (Å²) in [5.74, 6) is 2.50. The lowest BCUT2D eigenvalue weighted by atomic mass is 10.4. The van der Waals surface area contributed by atoms with Crippen LogP contribution in [-0.4, -0.2) is 31.5 Å². The molecular formula is C6H10NO2PS. The summed E-state index contributed by atoms with van der Waals surface area (Å²) in [5.41, 5.74) is 0. The summed E-state index contributed by atoms with van der Waals surface area (Å²) in [7, 11) is 3.41. The number of terminal acetylenes is 1. The van der Waals surface area contributed by atoms with Gasteiger partial charge in [-0.15, -0.1) is 6.42 Å². The van der Waals surface area contributed by atoms with Crippen molar-refractivity contribution in [3.63, 3.8) is 0 Å². The van der Waals surface area contributed by atoms with Gasteiger partial charge in [-0.1, -0.05) is 5.92 Å². The smallest absolute Gasteiger partial charge is 0.264 e. The lowest BCUT2D eigenvalue weighted by Crippen LogP contribution is -2.14. The van der Waals surface area contributed by atoms with Crippen LogP contribution in [0.3, 0.4) is 0 Å². The average Bonchev–Trinajstić information content (AvgIpc) is 2.29. The van der Waals surface area contributed by atoms with E-state index in [1.807, 2.05) is 11.7 Å². The van der Waals surface area contributed by atoms with Gasteiger partial charge in [0.25, 0.3) is 6.64 Å². The SMILES string of the molecule is C#CC1CN(C)P(=S)(OC)O1. The number of rotatable bonds is 1. The Labute approximate surface area is 71.9 Å². The molecule has 2 atom stereocenters. The molecule has 1 aliphatic heterocycles. The quantitative estimate of drug-likeness (QED) is 0.452. The molecule has 62 valence electrons. The summed E-state index contributed by atoms with van der Waals surface area (Å²) < 4.78 is 12.3. The van der Waals surface area contributed by atoms with Crippen LogP contribution in [0, 0.1) is 12.3 Å². The number of likely N-dealkylation sites (N-methyl/N-ethyl adjacent to an activating group) is 1. The lowest BCUT2D eigenvalue weighted by Gasteiger charge is -2.18. The average molecular weight is 191 g/mol. The van der Waals surface area contributed by atoms with E-state index in [1.54, 1.807) is 7.11 Å². The first-order valence-corrected chi connectivity index (χ1v) is 5.73. The van der Waals surface area contributed by atoms with Crippen molar-refractivity contribution < 1.29 is 9.05 Å². The molecule has 0 radical (unpaired) electrons. The maximum Gasteiger partial charge on any atom is 0.264 e. The lowest BCUT2D eigenvalue weighted by molar-refractivity contribution is 0.276. The molecule has 0 aliphatic carbocycles. The summed E-state index contributed by atoms with van der Waals surface area (Å²) >= 11 is 5.13. The van der Waals surface area contributed by atoms with Gasteiger partial charge in [0.2, 0.25) is 0 Å². The van der Waals surface area contributed by atoms with Crippen LogP contribution in [0.2, 0.25) is 0 Å². The minimum Gasteiger partial charge on any atom is -0.321 e. The molecule has 0 bridgehead atoms. The molecule has 1 aliphatic rings. The third-order valence-corrected chi connectivity index (χ3v) is 5.05. The Bertz CT molecular complexity index is 237. The van der Waals surface area contributed by atoms with Crippen LogP contribution in [-0.2, 0) is 20.9 Å². The topological polar surface area (TPSA) is 21.7 Å². The third-order valence-electron chi connectivity index (χ3n) is 1.53. The molecule has 0 amide bonds. The summed E-state index contributed by atoms with van der Waals surface area (Å²) in [6, 6.07) is 0. The Morgan fingerprint density at radius 1 is 1.91 bits per heavy atom. The maximum atomic E-state index is 5.35. The number of hydrogen-bond acceptors (Lipinski definition) is 3. The molecule has 1 saturated heterocycles. The maximum absolute atomic E-state index is 5.35. The Hall–Kier alpha value is 0.0900. The van der Waals surface area contributed by atoms with Gasteiger partial charge in [0.1, 0.15) is 6.10 Å². The van der Waals surface area contributed by atoms with Crippen molar-refractivity contribution >= 4 is 18.4 Å². The fraction of sp³-hybridized carbons (Fsp3) is 0.667. The second-order valence-electron chi connectivity index (χ2n) is 2.25. The van der Waals surface area contributed by atoms with Crippen molar-refractivity contribution in [2.45, 2.75) is 6.10 Å². The van der Waals surface area contributed by atoms with Crippen LogP contribution in [0.25, 0.3) is 0 Å². The van der Waals surface area contributed by atoms with Gasteiger partial charge in [0, 0.05) is 13.7 Å². The Balaban J connectivity index is 2.75. The Morgan fingerprint density at radius 3 is 2.82 bits per heavy atom. The second-order valence-corrected chi connectivity index (χ2v) is 5.83. The van der Waals surface area contributed by atoms with E-state index < -0.39 is 6.64 Å². The summed E-state index contributed by atoms with van der Waals surface area (Å²) in [6.45, 7) is -1.52. The molecule has 2 unspecified atom stereocenters. The van der Waals surface area contributed by atoms with E-state index in [-0.39, 0.29) is 6.10 Å². The van der Waals surface area contributed by atoms with Crippen molar-refractivity contribution in [3.8, 4) is 12.3 Å². The fourth-order valence-corrected chi connectivity index (χ4v) is 2.72. The summed E-state index contributed by atoms with van der Waals surface area (Å²) in [5, 5.41) is 0. The molecule has 1 rings (SSSR count). The van der Waals surface area contributed by atoms with Crippen molar-refractivity contribution in [3.05, 3.63) is 0 Å². The molecular weight excluding hydrogens is 181 g/mol. The van der Waals surface area contributed by atoms with Gasteiger partial charge < -0.3 is 4.52 Å². The van der Waals surface area contributed by atoms with Crippen LogP contribution in [0.4, 0.5) is 0 Å². The minimum atomic E-state index is -2.19. The van der Waals surface area contributed by atoms with Gasteiger partial charge in [-0.3, -0.25) is 4.52 Å². The number of hydrogen-bond donors (Lipinski definition) is 0. The Morgan fingerprint density at radius 2 is 2.55 bits per heavy atom. The normalized spacial score (nSPS) is 38.8. The van der Waals surface area contributed by atoms with E-state index in [0.29, 0.717) is 6.54 Å². The van der Waals surface area contributed by atoms with Gasteiger partial charge in [-0.25, -0.2) is 4.67 Å². The van der Waals surface area contributed by atoms with Crippen molar-refractivity contribution in [2.75, 3.05) is 20.7 Å². The molecule has 0 aromatic heterocycles. The molecule has 3 nitrogen and oxygen atoms in total. The number of nitrogens with zero attached hydrogens (tertiary/aromatic N) is 1. The third kappa shape index (κ3) is 1.64. The molecule has 1 heterocycles. The zero-order valence-corrected chi connectivity index (χ0v) is 8.19. The highest BCUT2D eigenvalue weighted by molar-refractivity contribution is 8.08. The van der Waals surface area contributed by atoms with Crippen LogP contribution >= 0.6 is 6.64 Å². The van der Waals surface area contributed by atoms with Gasteiger partial charge in [-0.2, -0.15) is 0 Å². The predicted molar refractivity (Wildman–Crippen MR) is 47.6 cm³/mol. The zero-order valence-electron chi connectivity index (χ0n) is 6.48. The highest BCUT2D eigenvalue weighted by atomic mass is 32.5. The molecule has 5 heteroatoms. The standard InChI is InChI=1S/C6H10NO2PS/c1-4-6-5-7(2)10(11,8-3)9-6/h1,6H,5H2,2-3H3. The van der Waals surface area contributed by atoms with Gasteiger partial charge in [-0.05, 0) is 18.9 Å². The minimum absolute atomic E-state index is 0.203. The first kappa shape index (κ1) is 9.18. The molecule has 0 aromatic carbocycles. The van der Waals surface area contributed by atoms with E-state index >= 15 is 0 Å². The van der Waals surface area contributed by atoms with Crippen LogP contribution in [0.15, 0.2) is 0 Å². The van der Waals surface area contributed by atoms with E-state index in [0.717, 1.165) is 0 Å². The fourth-order valence-electron chi connectivity index (χ4n) is 0.880. The first-order valence-electron chi connectivity index (χ1n) is 3.14. The second kappa shape index (κ2) is 3.22. The molecule has 0 saturated carbocycles. The molecule has 0 N–H and O–H groups in total. The van der Waals surface area contributed by atoms with Crippen LogP contribution < -0.4 is 0 Å². The van der Waals surface area contributed by atoms with Crippen molar-refractivity contribution in [1.29, 1.82) is 0 Å². The largest absolute Gasteiger partial charge is 0.321 e. The molecule has 0 spiro atoms. The van der Waals surface area contributed by atoms with E-state index in [1.165, 1.54) is 0 Å². The van der Waals surface area contributed by atoms with Crippen molar-refractivity contribution in [1.82, 2.24) is 4.67 Å². The predicted octanol–water partition coefficient (Wildman–Crippen LogP) is 0.821. The molecule has 0 aromatic rings. The monoisotopic (exact) mass is 191 g/mol. The van der Waals surface area contributed by atoms with Crippen LogP contribution in [0.5, 0.6) is 0 Å². The highest BCUT2D eigenvalue weighted by Crippen LogP contribution is 2.55. The van der Waals surface area contributed by atoms with Crippen LogP contribution in [0.1, 0.15) is 0 Å². The van der Waals surface area contributed by atoms with Gasteiger partial charge in [0.15, 0.2) is 0 Å². The van der Waals surface area contributed by atoms with Crippen molar-refractivity contribution in [2.24, 2.45) is 0 Å². The summed E-state index contributed by atoms with van der Waals surface area (Å²) in [6.07, 6.45) is 4.98. The summed E-state index contributed by atoms with van der Waals surface area (Å²) in [4.78, 5) is 0. The molecule has 1 fully saturated rings. The Kier molecular flexibility index (Phi) is 2.69. The van der Waals surface area contributed by atoms with Gasteiger partial charge in [0.05, 0.1) is 0 Å². The highest BCUT2D eigenvalue weighted by Gasteiger charge is 2.35. The van der Waals surface area contributed by atoms with E-state index in [4.69, 9.17) is 27.3 Å². The van der Waals surface area contributed by atoms with Gasteiger partial charge >= 0.3 is 0 Å². The van der Waals surface area contributed by atoms with E-state index in [2.05, 4.69) is 5.92 Å². The van der Waals surface area contributed by atoms with E-state index in [9.17, 15) is 0 Å². The zero-order chi connectivity index (χ0) is 8.48. The first-order chi connectivity index (χ1) is 5.12. The molecule has 11 heavy (non-hydrogen) atoms.